The number of ether oxygens (including phenoxy) is 1. The first-order chi connectivity index (χ1) is 21.4. The standard InChI is InChI=1S/C36H38FN5O3/c1-22(2)27-13-9-10-23(3)31(27)42-33-28(21-29(37)30(38-33)26-15-14-24-11-7-8-12-25(24)20-26)32(39-34(42)43)40-16-18-41(19-17-40)35(44)45-36(4,5)6/h7-15,20-22H,16-19H2,1-6H3. The van der Waals surface area contributed by atoms with E-state index in [0.717, 1.165) is 21.9 Å². The molecule has 1 amide bonds. The summed E-state index contributed by atoms with van der Waals surface area (Å²) in [6.07, 6.45) is -0.385. The Morgan fingerprint density at radius 2 is 1.62 bits per heavy atom. The van der Waals surface area contributed by atoms with Crippen LogP contribution in [0.5, 0.6) is 0 Å². The molecule has 3 aromatic carbocycles. The fourth-order valence-electron chi connectivity index (χ4n) is 5.97. The van der Waals surface area contributed by atoms with Crippen LogP contribution in [0.2, 0.25) is 0 Å². The number of carbonyl (C=O) groups excluding carboxylic acids is 1. The van der Waals surface area contributed by atoms with Gasteiger partial charge in [-0.15, -0.1) is 0 Å². The van der Waals surface area contributed by atoms with Gasteiger partial charge in [-0.3, -0.25) is 0 Å². The summed E-state index contributed by atoms with van der Waals surface area (Å²) in [6.45, 7) is 13.2. The lowest BCUT2D eigenvalue weighted by Crippen LogP contribution is -2.50. The lowest BCUT2D eigenvalue weighted by Gasteiger charge is -2.36. The monoisotopic (exact) mass is 607 g/mol. The highest BCUT2D eigenvalue weighted by atomic mass is 19.1. The number of benzene rings is 3. The molecule has 1 saturated heterocycles. The van der Waals surface area contributed by atoms with Crippen LogP contribution in [0.3, 0.4) is 0 Å². The summed E-state index contributed by atoms with van der Waals surface area (Å²) in [5.74, 6) is -0.0404. The number of hydrogen-bond acceptors (Lipinski definition) is 6. The maximum atomic E-state index is 16.1. The van der Waals surface area contributed by atoms with Gasteiger partial charge in [0.05, 0.1) is 11.1 Å². The van der Waals surface area contributed by atoms with Crippen molar-refractivity contribution in [2.75, 3.05) is 31.1 Å². The van der Waals surface area contributed by atoms with E-state index in [1.165, 1.54) is 10.6 Å². The van der Waals surface area contributed by atoms with E-state index in [4.69, 9.17) is 9.72 Å². The second-order valence-corrected chi connectivity index (χ2v) is 12.9. The Balaban J connectivity index is 1.52. The number of aromatic nitrogens is 3. The Bertz CT molecular complexity index is 1990. The predicted octanol–water partition coefficient (Wildman–Crippen LogP) is 7.23. The predicted molar refractivity (Wildman–Crippen MR) is 177 cm³/mol. The van der Waals surface area contributed by atoms with Crippen LogP contribution in [-0.4, -0.2) is 57.3 Å². The van der Waals surface area contributed by atoms with Gasteiger partial charge in [-0.1, -0.05) is 68.4 Å². The minimum Gasteiger partial charge on any atom is -0.444 e. The number of anilines is 1. The van der Waals surface area contributed by atoms with E-state index < -0.39 is 17.1 Å². The molecule has 3 heterocycles. The maximum Gasteiger partial charge on any atom is 0.410 e. The number of amides is 1. The first-order valence-corrected chi connectivity index (χ1v) is 15.4. The van der Waals surface area contributed by atoms with Crippen molar-refractivity contribution in [2.45, 2.75) is 53.1 Å². The van der Waals surface area contributed by atoms with Crippen molar-refractivity contribution < 1.29 is 13.9 Å². The molecule has 8 nitrogen and oxygen atoms in total. The van der Waals surface area contributed by atoms with Gasteiger partial charge in [0.25, 0.3) is 0 Å². The van der Waals surface area contributed by atoms with Crippen molar-refractivity contribution in [3.05, 3.63) is 94.2 Å². The highest BCUT2D eigenvalue weighted by molar-refractivity contribution is 5.92. The van der Waals surface area contributed by atoms with E-state index in [1.807, 2.05) is 93.3 Å². The van der Waals surface area contributed by atoms with Crippen molar-refractivity contribution in [3.63, 3.8) is 0 Å². The third-order valence-corrected chi connectivity index (χ3v) is 8.17. The summed E-state index contributed by atoms with van der Waals surface area (Å²) in [7, 11) is 0. The van der Waals surface area contributed by atoms with Crippen LogP contribution in [0.25, 0.3) is 38.8 Å². The van der Waals surface area contributed by atoms with Crippen LogP contribution < -0.4 is 10.6 Å². The second-order valence-electron chi connectivity index (χ2n) is 12.9. The number of para-hydroxylation sites is 1. The van der Waals surface area contributed by atoms with Crippen molar-refractivity contribution in [1.82, 2.24) is 19.4 Å². The van der Waals surface area contributed by atoms with E-state index in [-0.39, 0.29) is 17.7 Å². The first-order valence-electron chi connectivity index (χ1n) is 15.4. The number of hydrogen-bond donors (Lipinski definition) is 0. The zero-order valence-corrected chi connectivity index (χ0v) is 26.6. The van der Waals surface area contributed by atoms with Crippen LogP contribution in [0.15, 0.2) is 71.5 Å². The largest absolute Gasteiger partial charge is 0.444 e. The van der Waals surface area contributed by atoms with Gasteiger partial charge in [0, 0.05) is 31.7 Å². The van der Waals surface area contributed by atoms with E-state index in [1.54, 1.807) is 4.90 Å². The Morgan fingerprint density at radius 3 is 2.31 bits per heavy atom. The lowest BCUT2D eigenvalue weighted by molar-refractivity contribution is 0.0240. The minimum atomic E-state index is -0.604. The number of nitrogens with zero attached hydrogens (tertiary/aromatic N) is 5. The zero-order chi connectivity index (χ0) is 32.0. The Kier molecular flexibility index (Phi) is 7.81. The average molecular weight is 608 g/mol. The molecule has 0 bridgehead atoms. The van der Waals surface area contributed by atoms with Gasteiger partial charge in [-0.2, -0.15) is 4.98 Å². The fraction of sp³-hybridized carbons (Fsp3) is 0.333. The molecule has 0 N–H and O–H groups in total. The number of carbonyl (C=O) groups is 1. The molecular weight excluding hydrogens is 569 g/mol. The van der Waals surface area contributed by atoms with Gasteiger partial charge < -0.3 is 14.5 Å². The zero-order valence-electron chi connectivity index (χ0n) is 26.6. The minimum absolute atomic E-state index is 0.114. The molecule has 0 atom stereocenters. The molecule has 1 aliphatic rings. The van der Waals surface area contributed by atoms with Crippen LogP contribution >= 0.6 is 0 Å². The molecule has 0 radical (unpaired) electrons. The van der Waals surface area contributed by atoms with Crippen LogP contribution in [0.4, 0.5) is 15.0 Å². The first kappa shape index (κ1) is 30.2. The highest BCUT2D eigenvalue weighted by Gasteiger charge is 2.29. The summed E-state index contributed by atoms with van der Waals surface area (Å²) in [4.78, 5) is 39.8. The summed E-state index contributed by atoms with van der Waals surface area (Å²) in [6, 6.07) is 21.0. The molecule has 232 valence electrons. The van der Waals surface area contributed by atoms with Crippen LogP contribution in [0, 0.1) is 12.7 Å². The molecule has 0 spiro atoms. The third kappa shape index (κ3) is 5.87. The van der Waals surface area contributed by atoms with Crippen molar-refractivity contribution in [2.24, 2.45) is 0 Å². The number of rotatable bonds is 4. The van der Waals surface area contributed by atoms with Gasteiger partial charge in [0.1, 0.15) is 22.9 Å². The topological polar surface area (TPSA) is 80.6 Å². The molecule has 0 saturated carbocycles. The van der Waals surface area contributed by atoms with Gasteiger partial charge in [-0.05, 0) is 67.6 Å². The third-order valence-electron chi connectivity index (χ3n) is 8.17. The van der Waals surface area contributed by atoms with E-state index in [0.29, 0.717) is 54.3 Å². The summed E-state index contributed by atoms with van der Waals surface area (Å²) in [5, 5.41) is 2.44. The number of pyridine rings is 1. The van der Waals surface area contributed by atoms with Gasteiger partial charge >= 0.3 is 11.8 Å². The molecule has 1 aliphatic heterocycles. The molecule has 0 unspecified atom stereocenters. The maximum absolute atomic E-state index is 16.1. The quantitative estimate of drug-likeness (QED) is 0.215. The van der Waals surface area contributed by atoms with Crippen LogP contribution in [0.1, 0.15) is 51.7 Å². The SMILES string of the molecule is Cc1cccc(C(C)C)c1-n1c(=O)nc(N2CCN(C(=O)OC(C)(C)C)CC2)c2cc(F)c(-c3ccc4ccccc4c3)nc21. The number of aryl methyl sites for hydroxylation is 1. The highest BCUT2D eigenvalue weighted by Crippen LogP contribution is 2.34. The summed E-state index contributed by atoms with van der Waals surface area (Å²) < 4.78 is 23.2. The van der Waals surface area contributed by atoms with Crippen molar-refractivity contribution >= 4 is 33.7 Å². The number of piperazine rings is 1. The Hall–Kier alpha value is -4.79. The van der Waals surface area contributed by atoms with Gasteiger partial charge in [0.15, 0.2) is 5.65 Å². The molecule has 0 aliphatic carbocycles. The van der Waals surface area contributed by atoms with E-state index >= 15 is 4.39 Å². The number of halogens is 1. The lowest BCUT2D eigenvalue weighted by atomic mass is 9.98. The second kappa shape index (κ2) is 11.6. The van der Waals surface area contributed by atoms with E-state index in [2.05, 4.69) is 18.8 Å². The van der Waals surface area contributed by atoms with Gasteiger partial charge in [-0.25, -0.2) is 23.5 Å². The average Bonchev–Trinajstić information content (AvgIpc) is 3.00. The molecule has 5 aromatic rings. The fourth-order valence-corrected chi connectivity index (χ4v) is 5.97. The summed E-state index contributed by atoms with van der Waals surface area (Å²) >= 11 is 0. The molecule has 9 heteroatoms. The van der Waals surface area contributed by atoms with Gasteiger partial charge in [0.2, 0.25) is 0 Å². The smallest absolute Gasteiger partial charge is 0.410 e. The van der Waals surface area contributed by atoms with Crippen molar-refractivity contribution in [1.29, 1.82) is 0 Å². The molecule has 1 fully saturated rings. The Labute approximate surface area is 262 Å². The normalized spacial score (nSPS) is 14.0. The van der Waals surface area contributed by atoms with E-state index in [9.17, 15) is 9.59 Å². The number of fused-ring (bicyclic) bond motifs is 2. The van der Waals surface area contributed by atoms with Crippen molar-refractivity contribution in [3.8, 4) is 16.9 Å². The molecular formula is C36H38FN5O3. The molecule has 2 aromatic heterocycles. The molecule has 45 heavy (non-hydrogen) atoms. The molecule has 6 rings (SSSR count). The summed E-state index contributed by atoms with van der Waals surface area (Å²) in [5.41, 5.74) is 2.58. The Morgan fingerprint density at radius 1 is 0.911 bits per heavy atom. The van der Waals surface area contributed by atoms with Crippen LogP contribution in [-0.2, 0) is 4.74 Å².